The van der Waals surface area contributed by atoms with Crippen LogP contribution in [0.4, 0.5) is 5.82 Å². The summed E-state index contributed by atoms with van der Waals surface area (Å²) in [6.45, 7) is 0. The maximum atomic E-state index is 12.1. The molecule has 0 aliphatic heterocycles. The minimum absolute atomic E-state index is 0.156. The summed E-state index contributed by atoms with van der Waals surface area (Å²) in [4.78, 5) is 37.5. The molecule has 0 spiro atoms. The number of methoxy groups -OCH3 is 1. The van der Waals surface area contributed by atoms with Crippen molar-refractivity contribution in [2.45, 2.75) is 0 Å². The van der Waals surface area contributed by atoms with Crippen LogP contribution in [0.2, 0.25) is 0 Å². The first-order valence-corrected chi connectivity index (χ1v) is 8.26. The predicted molar refractivity (Wildman–Crippen MR) is 104 cm³/mol. The maximum absolute atomic E-state index is 12.1. The molecule has 9 heteroatoms. The number of carbonyl (C=O) groups is 2. The second-order valence-corrected chi connectivity index (χ2v) is 5.91. The SMILES string of the molecule is COc1ccc(Oc2cccc(-c3c(C(=O)O)c(N)[nH]c(=O)c3C(=O)O)c2)cc1. The smallest absolute Gasteiger partial charge is 0.342 e. The van der Waals surface area contributed by atoms with E-state index in [4.69, 9.17) is 15.2 Å². The van der Waals surface area contributed by atoms with Gasteiger partial charge in [0.2, 0.25) is 0 Å². The third-order valence-corrected chi connectivity index (χ3v) is 4.09. The van der Waals surface area contributed by atoms with Gasteiger partial charge in [-0.25, -0.2) is 9.59 Å². The maximum Gasteiger partial charge on any atom is 0.342 e. The molecule has 3 rings (SSSR count). The van der Waals surface area contributed by atoms with Crippen molar-refractivity contribution in [1.82, 2.24) is 4.98 Å². The Bertz CT molecular complexity index is 1150. The van der Waals surface area contributed by atoms with Crippen LogP contribution in [0.1, 0.15) is 20.7 Å². The Morgan fingerprint density at radius 3 is 2.14 bits per heavy atom. The highest BCUT2D eigenvalue weighted by atomic mass is 16.5. The fourth-order valence-corrected chi connectivity index (χ4v) is 2.83. The van der Waals surface area contributed by atoms with E-state index in [1.807, 2.05) is 0 Å². The van der Waals surface area contributed by atoms with Gasteiger partial charge in [-0.15, -0.1) is 0 Å². The van der Waals surface area contributed by atoms with Crippen molar-refractivity contribution in [1.29, 1.82) is 0 Å². The van der Waals surface area contributed by atoms with Gasteiger partial charge in [0, 0.05) is 5.56 Å². The van der Waals surface area contributed by atoms with Crippen molar-refractivity contribution in [3.8, 4) is 28.4 Å². The summed E-state index contributed by atoms with van der Waals surface area (Å²) in [5, 5.41) is 19.0. The molecular formula is C20H16N2O7. The highest BCUT2D eigenvalue weighted by Crippen LogP contribution is 2.33. The third kappa shape index (κ3) is 3.88. The summed E-state index contributed by atoms with van der Waals surface area (Å²) in [6, 6.07) is 12.8. The van der Waals surface area contributed by atoms with Gasteiger partial charge in [-0.05, 0) is 42.0 Å². The quantitative estimate of drug-likeness (QED) is 0.496. The minimum Gasteiger partial charge on any atom is -0.497 e. The topological polar surface area (TPSA) is 152 Å². The van der Waals surface area contributed by atoms with E-state index in [0.717, 1.165) is 0 Å². The number of nitrogens with one attached hydrogen (secondary N) is 1. The van der Waals surface area contributed by atoms with Gasteiger partial charge < -0.3 is 30.4 Å². The molecule has 0 atom stereocenters. The van der Waals surface area contributed by atoms with Crippen molar-refractivity contribution >= 4 is 17.8 Å². The van der Waals surface area contributed by atoms with Crippen LogP contribution in [0.15, 0.2) is 53.3 Å². The second-order valence-electron chi connectivity index (χ2n) is 5.91. The summed E-state index contributed by atoms with van der Waals surface area (Å²) in [5.41, 5.74) is 3.26. The molecule has 9 nitrogen and oxygen atoms in total. The number of benzene rings is 2. The monoisotopic (exact) mass is 396 g/mol. The lowest BCUT2D eigenvalue weighted by molar-refractivity contribution is 0.0695. The Balaban J connectivity index is 2.14. The molecule has 0 amide bonds. The van der Waals surface area contributed by atoms with E-state index in [1.165, 1.54) is 19.2 Å². The van der Waals surface area contributed by atoms with Crippen molar-refractivity contribution in [3.05, 3.63) is 70.0 Å². The number of hydrogen-bond donors (Lipinski definition) is 4. The molecule has 0 radical (unpaired) electrons. The number of aromatic amines is 1. The number of aromatic nitrogens is 1. The zero-order chi connectivity index (χ0) is 21.1. The van der Waals surface area contributed by atoms with Crippen LogP contribution in [0.3, 0.4) is 0 Å². The highest BCUT2D eigenvalue weighted by molar-refractivity contribution is 6.07. The summed E-state index contributed by atoms with van der Waals surface area (Å²) in [7, 11) is 1.53. The van der Waals surface area contributed by atoms with Gasteiger partial charge in [0.15, 0.2) is 0 Å². The van der Waals surface area contributed by atoms with Crippen LogP contribution < -0.4 is 20.8 Å². The van der Waals surface area contributed by atoms with Gasteiger partial charge in [-0.1, -0.05) is 12.1 Å². The number of hydrogen-bond acceptors (Lipinski definition) is 6. The van der Waals surface area contributed by atoms with E-state index in [0.29, 0.717) is 17.2 Å². The van der Waals surface area contributed by atoms with Crippen molar-refractivity contribution < 1.29 is 29.3 Å². The van der Waals surface area contributed by atoms with E-state index in [9.17, 15) is 24.6 Å². The second kappa shape index (κ2) is 7.77. The van der Waals surface area contributed by atoms with Gasteiger partial charge >= 0.3 is 11.9 Å². The molecule has 0 aliphatic rings. The number of pyridine rings is 1. The Morgan fingerprint density at radius 1 is 0.931 bits per heavy atom. The van der Waals surface area contributed by atoms with Crippen LogP contribution in [0, 0.1) is 0 Å². The molecule has 0 saturated heterocycles. The molecule has 29 heavy (non-hydrogen) atoms. The summed E-state index contributed by atoms with van der Waals surface area (Å²) >= 11 is 0. The molecule has 0 fully saturated rings. The molecule has 2 aromatic carbocycles. The standard InChI is InChI=1S/C20H16N2O7/c1-28-11-5-7-12(8-6-11)29-13-4-2-3-10(9-13)14-15(19(24)25)17(21)22-18(23)16(14)20(26)27/h2-9H,1H3,(H,24,25)(H,26,27)(H3,21,22,23). The van der Waals surface area contributed by atoms with Gasteiger partial charge in [-0.3, -0.25) is 4.79 Å². The van der Waals surface area contributed by atoms with E-state index in [-0.39, 0.29) is 11.1 Å². The average Bonchev–Trinajstić information content (AvgIpc) is 2.67. The summed E-state index contributed by atoms with van der Waals surface area (Å²) in [5.74, 6) is -2.07. The largest absolute Gasteiger partial charge is 0.497 e. The molecule has 0 aliphatic carbocycles. The third-order valence-electron chi connectivity index (χ3n) is 4.09. The zero-order valence-electron chi connectivity index (χ0n) is 15.1. The first-order valence-electron chi connectivity index (χ1n) is 8.26. The van der Waals surface area contributed by atoms with Crippen LogP contribution in [-0.4, -0.2) is 34.2 Å². The summed E-state index contributed by atoms with van der Waals surface area (Å²) in [6.07, 6.45) is 0. The number of H-pyrrole nitrogens is 1. The number of carboxylic acid groups (broad SMARTS) is 2. The number of nitrogen functional groups attached to an aromatic ring is 1. The molecule has 5 N–H and O–H groups in total. The lowest BCUT2D eigenvalue weighted by atomic mass is 9.95. The fraction of sp³-hybridized carbons (Fsp3) is 0.0500. The van der Waals surface area contributed by atoms with Crippen molar-refractivity contribution in [2.24, 2.45) is 0 Å². The molecule has 0 bridgehead atoms. The van der Waals surface area contributed by atoms with E-state index >= 15 is 0 Å². The number of ether oxygens (including phenoxy) is 2. The highest BCUT2D eigenvalue weighted by Gasteiger charge is 2.26. The van der Waals surface area contributed by atoms with Gasteiger partial charge in [-0.2, -0.15) is 0 Å². The molecule has 1 aromatic heterocycles. The van der Waals surface area contributed by atoms with Crippen molar-refractivity contribution in [3.63, 3.8) is 0 Å². The summed E-state index contributed by atoms with van der Waals surface area (Å²) < 4.78 is 10.8. The van der Waals surface area contributed by atoms with Gasteiger partial charge in [0.05, 0.1) is 7.11 Å². The van der Waals surface area contributed by atoms with Crippen LogP contribution in [0.25, 0.3) is 11.1 Å². The molecule has 0 unspecified atom stereocenters. The lowest BCUT2D eigenvalue weighted by Crippen LogP contribution is -2.24. The van der Waals surface area contributed by atoms with Crippen molar-refractivity contribution in [2.75, 3.05) is 12.8 Å². The van der Waals surface area contributed by atoms with Crippen LogP contribution in [0.5, 0.6) is 17.2 Å². The zero-order valence-corrected chi connectivity index (χ0v) is 15.1. The van der Waals surface area contributed by atoms with E-state index in [1.54, 1.807) is 36.4 Å². The van der Waals surface area contributed by atoms with Gasteiger partial charge in [0.1, 0.15) is 34.2 Å². The molecule has 0 saturated carbocycles. The molecule has 3 aromatic rings. The lowest BCUT2D eigenvalue weighted by Gasteiger charge is -2.13. The Hall–Kier alpha value is -4.27. The number of rotatable bonds is 6. The van der Waals surface area contributed by atoms with E-state index in [2.05, 4.69) is 4.98 Å². The fourth-order valence-electron chi connectivity index (χ4n) is 2.83. The number of anilines is 1. The number of aromatic carboxylic acids is 2. The molecular weight excluding hydrogens is 380 g/mol. The average molecular weight is 396 g/mol. The normalized spacial score (nSPS) is 10.4. The number of nitrogens with two attached hydrogens (primary N) is 1. The number of carboxylic acids is 2. The van der Waals surface area contributed by atoms with E-state index < -0.39 is 34.4 Å². The first kappa shape index (κ1) is 19.5. The van der Waals surface area contributed by atoms with Gasteiger partial charge in [0.25, 0.3) is 5.56 Å². The van der Waals surface area contributed by atoms with Crippen LogP contribution >= 0.6 is 0 Å². The molecule has 148 valence electrons. The minimum atomic E-state index is -1.58. The first-order chi connectivity index (χ1) is 13.8. The van der Waals surface area contributed by atoms with Crippen LogP contribution in [-0.2, 0) is 0 Å². The Labute approximate surface area is 164 Å². The Morgan fingerprint density at radius 2 is 1.55 bits per heavy atom. The Kier molecular flexibility index (Phi) is 5.22. The molecule has 1 heterocycles. The predicted octanol–water partition coefficient (Wildman–Crippen LogP) is 2.82.